The molecule has 2 aliphatic rings. The van der Waals surface area contributed by atoms with E-state index in [1.54, 1.807) is 6.92 Å². The van der Waals surface area contributed by atoms with Crippen LogP contribution in [0.3, 0.4) is 0 Å². The Bertz CT molecular complexity index is 383. The Morgan fingerprint density at radius 2 is 2.15 bits per heavy atom. The second-order valence-electron chi connectivity index (χ2n) is 3.78. The Labute approximate surface area is 76.5 Å². The maximum Gasteiger partial charge on any atom is 0.137 e. The topological polar surface area (TPSA) is 26.3 Å². The van der Waals surface area contributed by atoms with Crippen LogP contribution in [-0.4, -0.2) is 11.9 Å². The van der Waals surface area contributed by atoms with Crippen LogP contribution in [0.1, 0.15) is 18.4 Å². The highest BCUT2D eigenvalue weighted by atomic mass is 16.5. The molecule has 0 aromatic heterocycles. The molecule has 3 rings (SSSR count). The number of carbonyl (C=O) groups is 1. The van der Waals surface area contributed by atoms with Gasteiger partial charge < -0.3 is 4.74 Å². The lowest BCUT2D eigenvalue weighted by Crippen LogP contribution is -2.05. The van der Waals surface area contributed by atoms with Crippen LogP contribution >= 0.6 is 0 Å². The highest BCUT2D eigenvalue weighted by molar-refractivity contribution is 5.85. The molecule has 0 N–H and O–H groups in total. The SMILES string of the molecule is CC(=O)C1C2Oc3ccccc3C21. The highest BCUT2D eigenvalue weighted by Gasteiger charge is 2.60. The van der Waals surface area contributed by atoms with E-state index < -0.39 is 0 Å². The molecule has 1 aromatic rings. The Hall–Kier alpha value is -1.31. The lowest BCUT2D eigenvalue weighted by molar-refractivity contribution is -0.118. The third-order valence-corrected chi connectivity index (χ3v) is 2.96. The third kappa shape index (κ3) is 0.804. The minimum atomic E-state index is 0.134. The number of hydrogen-bond acceptors (Lipinski definition) is 2. The van der Waals surface area contributed by atoms with Crippen molar-refractivity contribution in [1.29, 1.82) is 0 Å². The van der Waals surface area contributed by atoms with Gasteiger partial charge in [0.05, 0.1) is 5.92 Å². The monoisotopic (exact) mass is 174 g/mol. The summed E-state index contributed by atoms with van der Waals surface area (Å²) in [5.74, 6) is 1.71. The minimum absolute atomic E-state index is 0.134. The van der Waals surface area contributed by atoms with E-state index in [0.29, 0.717) is 5.92 Å². The standard InChI is InChI=1S/C11H10O2/c1-6(12)9-10-7-4-2-3-5-8(7)13-11(9)10/h2-5,9-11H,1H3. The van der Waals surface area contributed by atoms with Crippen molar-refractivity contribution in [3.63, 3.8) is 0 Å². The van der Waals surface area contributed by atoms with Crippen LogP contribution in [0.5, 0.6) is 5.75 Å². The summed E-state index contributed by atoms with van der Waals surface area (Å²) in [5, 5.41) is 0. The zero-order valence-electron chi connectivity index (χ0n) is 7.36. The number of benzene rings is 1. The number of carbonyl (C=O) groups excluding carboxylic acids is 1. The van der Waals surface area contributed by atoms with Crippen LogP contribution in [0.15, 0.2) is 24.3 Å². The van der Waals surface area contributed by atoms with Crippen molar-refractivity contribution in [2.75, 3.05) is 0 Å². The first-order chi connectivity index (χ1) is 6.29. The molecule has 2 nitrogen and oxygen atoms in total. The van der Waals surface area contributed by atoms with Crippen LogP contribution in [-0.2, 0) is 4.79 Å². The number of para-hydroxylation sites is 1. The number of hydrogen-bond donors (Lipinski definition) is 0. The molecule has 1 saturated carbocycles. The molecule has 1 aliphatic carbocycles. The highest BCUT2D eigenvalue weighted by Crippen LogP contribution is 2.58. The van der Waals surface area contributed by atoms with E-state index in [-0.39, 0.29) is 17.8 Å². The van der Waals surface area contributed by atoms with Crippen molar-refractivity contribution >= 4 is 5.78 Å². The normalized spacial score (nSPS) is 33.2. The van der Waals surface area contributed by atoms with Gasteiger partial charge in [-0.05, 0) is 13.0 Å². The van der Waals surface area contributed by atoms with Crippen molar-refractivity contribution in [3.8, 4) is 5.75 Å². The lowest BCUT2D eigenvalue weighted by atomic mass is 10.1. The predicted molar refractivity (Wildman–Crippen MR) is 47.8 cm³/mol. The van der Waals surface area contributed by atoms with Gasteiger partial charge >= 0.3 is 0 Å². The van der Waals surface area contributed by atoms with Crippen LogP contribution in [0, 0.1) is 5.92 Å². The molecule has 1 aliphatic heterocycles. The molecule has 0 spiro atoms. The number of rotatable bonds is 1. The minimum Gasteiger partial charge on any atom is -0.489 e. The Kier molecular flexibility index (Phi) is 1.17. The van der Waals surface area contributed by atoms with E-state index in [1.165, 1.54) is 5.56 Å². The van der Waals surface area contributed by atoms with Gasteiger partial charge in [-0.25, -0.2) is 0 Å². The molecule has 0 radical (unpaired) electrons. The van der Waals surface area contributed by atoms with Crippen molar-refractivity contribution in [3.05, 3.63) is 29.8 Å². The first-order valence-corrected chi connectivity index (χ1v) is 4.55. The molecular formula is C11H10O2. The van der Waals surface area contributed by atoms with Crippen molar-refractivity contribution in [2.45, 2.75) is 18.9 Å². The van der Waals surface area contributed by atoms with Crippen molar-refractivity contribution in [1.82, 2.24) is 0 Å². The number of fused-ring (bicyclic) bond motifs is 3. The third-order valence-electron chi connectivity index (χ3n) is 2.96. The molecule has 1 heterocycles. The quantitative estimate of drug-likeness (QED) is 0.648. The van der Waals surface area contributed by atoms with Crippen LogP contribution in [0.25, 0.3) is 0 Å². The van der Waals surface area contributed by atoms with Crippen molar-refractivity contribution in [2.24, 2.45) is 5.92 Å². The fraction of sp³-hybridized carbons (Fsp3) is 0.364. The van der Waals surface area contributed by atoms with Crippen molar-refractivity contribution < 1.29 is 9.53 Å². The van der Waals surface area contributed by atoms with Gasteiger partial charge in [0.2, 0.25) is 0 Å². The Balaban J connectivity index is 1.99. The van der Waals surface area contributed by atoms with E-state index in [0.717, 1.165) is 5.75 Å². The summed E-state index contributed by atoms with van der Waals surface area (Å²) in [7, 11) is 0. The zero-order valence-corrected chi connectivity index (χ0v) is 7.36. The summed E-state index contributed by atoms with van der Waals surface area (Å²) in [4.78, 5) is 11.1. The summed E-state index contributed by atoms with van der Waals surface area (Å²) >= 11 is 0. The van der Waals surface area contributed by atoms with Crippen LogP contribution in [0.2, 0.25) is 0 Å². The molecule has 13 heavy (non-hydrogen) atoms. The van der Waals surface area contributed by atoms with Crippen LogP contribution < -0.4 is 4.74 Å². The summed E-state index contributed by atoms with van der Waals surface area (Å²) in [5.41, 5.74) is 1.22. The number of Topliss-reactive ketones (excluding diaryl/α,β-unsaturated/α-hetero) is 1. The van der Waals surface area contributed by atoms with Gasteiger partial charge in [-0.2, -0.15) is 0 Å². The second-order valence-corrected chi connectivity index (χ2v) is 3.78. The first-order valence-electron chi connectivity index (χ1n) is 4.55. The average Bonchev–Trinajstić information content (AvgIpc) is 2.71. The summed E-state index contributed by atoms with van der Waals surface area (Å²) < 4.78 is 5.63. The van der Waals surface area contributed by atoms with Crippen LogP contribution in [0.4, 0.5) is 0 Å². The molecule has 3 unspecified atom stereocenters. The van der Waals surface area contributed by atoms with E-state index >= 15 is 0 Å². The van der Waals surface area contributed by atoms with Gasteiger partial charge in [0.1, 0.15) is 17.6 Å². The maximum absolute atomic E-state index is 11.1. The molecular weight excluding hydrogens is 164 g/mol. The Morgan fingerprint density at radius 1 is 1.38 bits per heavy atom. The van der Waals surface area contributed by atoms with Gasteiger partial charge in [-0.3, -0.25) is 4.79 Å². The molecule has 1 aromatic carbocycles. The summed E-state index contributed by atoms with van der Waals surface area (Å²) in [6.45, 7) is 1.65. The zero-order chi connectivity index (χ0) is 9.00. The number of ether oxygens (including phenoxy) is 1. The second kappa shape index (κ2) is 2.13. The van der Waals surface area contributed by atoms with Gasteiger partial charge in [-0.1, -0.05) is 18.2 Å². The molecule has 0 saturated heterocycles. The molecule has 2 heteroatoms. The molecule has 0 amide bonds. The molecule has 3 atom stereocenters. The van der Waals surface area contributed by atoms with E-state index in [4.69, 9.17) is 4.74 Å². The first kappa shape index (κ1) is 7.13. The van der Waals surface area contributed by atoms with Gasteiger partial charge in [0.25, 0.3) is 0 Å². The van der Waals surface area contributed by atoms with E-state index in [2.05, 4.69) is 6.07 Å². The van der Waals surface area contributed by atoms with Gasteiger partial charge in [0.15, 0.2) is 0 Å². The molecule has 66 valence electrons. The predicted octanol–water partition coefficient (Wildman–Crippen LogP) is 1.75. The lowest BCUT2D eigenvalue weighted by Gasteiger charge is -2.04. The average molecular weight is 174 g/mol. The summed E-state index contributed by atoms with van der Waals surface area (Å²) in [6.07, 6.45) is 0.148. The van der Waals surface area contributed by atoms with Gasteiger partial charge in [0, 0.05) is 11.5 Å². The molecule has 0 bridgehead atoms. The fourth-order valence-electron chi connectivity index (χ4n) is 2.29. The largest absolute Gasteiger partial charge is 0.489 e. The molecule has 1 fully saturated rings. The van der Waals surface area contributed by atoms with E-state index in [9.17, 15) is 4.79 Å². The summed E-state index contributed by atoms with van der Waals surface area (Å²) in [6, 6.07) is 7.99. The maximum atomic E-state index is 11.1. The smallest absolute Gasteiger partial charge is 0.137 e. The fourth-order valence-corrected chi connectivity index (χ4v) is 2.29. The number of ketones is 1. The Morgan fingerprint density at radius 3 is 2.92 bits per heavy atom. The van der Waals surface area contributed by atoms with E-state index in [1.807, 2.05) is 18.2 Å². The van der Waals surface area contributed by atoms with Gasteiger partial charge in [-0.15, -0.1) is 0 Å².